The van der Waals surface area contributed by atoms with Crippen LogP contribution in [0.25, 0.3) is 98.4 Å². The maximum atomic E-state index is 7.53. The van der Waals surface area contributed by atoms with E-state index in [1.165, 1.54) is 0 Å². The summed E-state index contributed by atoms with van der Waals surface area (Å²) in [6, 6.07) is 0. The third-order valence-corrected chi connectivity index (χ3v) is 17.8. The van der Waals surface area contributed by atoms with Crippen molar-refractivity contribution in [2.45, 2.75) is 22.0 Å². The molecule has 0 saturated heterocycles. The van der Waals surface area contributed by atoms with Gasteiger partial charge in [-0.15, -0.1) is 38.5 Å². The van der Waals surface area contributed by atoms with Crippen molar-refractivity contribution in [2.75, 3.05) is 0 Å². The molecule has 33 heteroatoms. The molecule has 0 aliphatic heterocycles. The minimum atomic E-state index is -2.81. The zero-order valence-electron chi connectivity index (χ0n) is 46.3. The van der Waals surface area contributed by atoms with Crippen molar-refractivity contribution < 1.29 is 0 Å². The lowest BCUT2D eigenvalue weighted by Gasteiger charge is -2.57. The first-order valence-corrected chi connectivity index (χ1v) is 25.8. The fourth-order valence-electron chi connectivity index (χ4n) is 13.8. The molecule has 1 aliphatic rings. The molecule has 11 rings (SSSR count). The molecule has 0 atom stereocenters. The van der Waals surface area contributed by atoms with Crippen LogP contribution < -0.4 is 142 Å². The number of fused-ring (bicyclic) bond motifs is 6. The number of hydrogen-bond acceptors (Lipinski definition) is 0. The van der Waals surface area contributed by atoms with E-state index in [-0.39, 0.29) is 258 Å². The Hall–Kier alpha value is -4.54. The molecule has 0 fully saturated rings. The van der Waals surface area contributed by atoms with Crippen molar-refractivity contribution in [3.05, 3.63) is 22.3 Å². The summed E-state index contributed by atoms with van der Waals surface area (Å²) in [5.41, 5.74) is -9.81. The Morgan fingerprint density at radius 3 is 0.885 bits per heavy atom. The topological polar surface area (TPSA) is 0 Å². The second-order valence-corrected chi connectivity index (χ2v) is 22.1. The molecule has 0 saturated carbocycles. The molecule has 0 aromatic heterocycles. The Bertz CT molecular complexity index is 4960. The molecule has 0 bridgehead atoms. The van der Waals surface area contributed by atoms with Crippen LogP contribution in [-0.2, 0) is 11.7 Å². The highest BCUT2D eigenvalue weighted by Gasteiger charge is 2.57. The highest BCUT2D eigenvalue weighted by atomic mass is 14.5. The molecule has 0 spiro atoms. The quantitative estimate of drug-likeness (QED) is 0.0885. The van der Waals surface area contributed by atoms with Crippen LogP contribution in [0.1, 0.15) is 22.3 Å². The molecule has 10 aromatic rings. The Kier molecular flexibility index (Phi) is 15.3. The summed E-state index contributed by atoms with van der Waals surface area (Å²) in [7, 11) is 229. The van der Waals surface area contributed by atoms with Gasteiger partial charge in [-0.3, -0.25) is 0 Å². The van der Waals surface area contributed by atoms with E-state index in [0.717, 1.165) is 0 Å². The van der Waals surface area contributed by atoms with E-state index in [9.17, 15) is 0 Å². The molecular formula is C54H3B33. The van der Waals surface area contributed by atoms with Gasteiger partial charge in [0.05, 0.1) is 54.9 Å². The first-order valence-electron chi connectivity index (χ1n) is 25.8. The van der Waals surface area contributed by atoms with Crippen LogP contribution in [0.5, 0.6) is 0 Å². The van der Waals surface area contributed by atoms with Gasteiger partial charge in [0.1, 0.15) is 204 Å². The van der Waals surface area contributed by atoms with Crippen LogP contribution >= 0.6 is 0 Å². The average molecular weight is 1010 g/mol. The predicted molar refractivity (Wildman–Crippen MR) is 405 cm³/mol. The third kappa shape index (κ3) is 7.76. The van der Waals surface area contributed by atoms with Gasteiger partial charge in [0, 0.05) is 10.9 Å². The van der Waals surface area contributed by atoms with E-state index < -0.39 is 26.6 Å². The first-order chi connectivity index (χ1) is 40.3. The van der Waals surface area contributed by atoms with Crippen LogP contribution in [0, 0.1) is 12.3 Å². The summed E-state index contributed by atoms with van der Waals surface area (Å²) < 4.78 is 0. The van der Waals surface area contributed by atoms with Crippen molar-refractivity contribution in [3.8, 4) is 56.9 Å². The van der Waals surface area contributed by atoms with Crippen molar-refractivity contribution in [1.82, 2.24) is 0 Å². The van der Waals surface area contributed by atoms with Gasteiger partial charge >= 0.3 is 0 Å². The Balaban J connectivity index is 1.30. The lowest BCUT2D eigenvalue weighted by molar-refractivity contribution is 0.540. The fourth-order valence-corrected chi connectivity index (χ4v) is 13.8. The standard InChI is InChI=1S/C54H3B33/c1-2-4-6-7-5(3-55)26(56)49(79)44(74)16(7)37(67)36(66)15(6)35(65)30(60)8(4)17-27(57)22(48(78)50(80)45(17)75)23-29(59)25-14(34(64)43(23)73)13-24(52(25,53(82,83)84)54(85,86)87)28(58)21(42(72)33(13)63)12-11-9-10-19(39(69)31(11)61)46(76)51(81)47(77)20(10)41(71)40(70)18(9)38(68)32(12)62/h1H,3H2. The number of terminal acetylenes is 1. The van der Waals surface area contributed by atoms with Gasteiger partial charge in [0.2, 0.25) is 0 Å². The van der Waals surface area contributed by atoms with Gasteiger partial charge in [-0.25, -0.2) is 0 Å². The predicted octanol–water partition coefficient (Wildman–Crippen LogP) is -20.4. The minimum absolute atomic E-state index is 0.00987. The first kappa shape index (κ1) is 64.0. The summed E-state index contributed by atoms with van der Waals surface area (Å²) in [6.07, 6.45) is 6.25. The lowest BCUT2D eigenvalue weighted by atomic mass is 9.17. The molecule has 0 nitrogen and oxygen atoms in total. The maximum Gasteiger partial charge on any atom is 0.115 e. The van der Waals surface area contributed by atoms with E-state index in [1.807, 2.05) is 0 Å². The van der Waals surface area contributed by atoms with Crippen molar-refractivity contribution in [3.63, 3.8) is 0 Å². The second kappa shape index (κ2) is 20.7. The van der Waals surface area contributed by atoms with Crippen molar-refractivity contribution in [2.24, 2.45) is 0 Å². The Labute approximate surface area is 551 Å². The zero-order valence-corrected chi connectivity index (χ0v) is 46.3. The molecule has 0 unspecified atom stereocenters. The van der Waals surface area contributed by atoms with E-state index in [0.29, 0.717) is 0 Å². The molecule has 66 radical (unpaired) electrons. The average Bonchev–Trinajstić information content (AvgIpc) is 1.59. The monoisotopic (exact) mass is 1010 g/mol. The van der Waals surface area contributed by atoms with E-state index in [1.54, 1.807) is 0 Å². The van der Waals surface area contributed by atoms with Crippen LogP contribution in [-0.4, -0.2) is 259 Å². The molecule has 0 amide bonds. The summed E-state index contributed by atoms with van der Waals surface area (Å²) in [5.74, 6) is 2.69. The van der Waals surface area contributed by atoms with Gasteiger partial charge in [-0.05, 0) is 110 Å². The van der Waals surface area contributed by atoms with Gasteiger partial charge in [0.15, 0.2) is 0 Å². The smallest absolute Gasteiger partial charge is 0.115 e. The Morgan fingerprint density at radius 1 is 0.241 bits per heavy atom. The van der Waals surface area contributed by atoms with Gasteiger partial charge < -0.3 is 0 Å². The highest BCUT2D eigenvalue weighted by molar-refractivity contribution is 6.78. The van der Waals surface area contributed by atoms with Crippen molar-refractivity contribution in [1.29, 1.82) is 0 Å². The largest absolute Gasteiger partial charge is 0.119 e. The minimum Gasteiger partial charge on any atom is -0.119 e. The second-order valence-electron chi connectivity index (χ2n) is 22.1. The molecule has 10 aromatic carbocycles. The number of benzene rings is 10. The SMILES string of the molecule is [B]Cc1c([B])c([B])c([B])c2c([B])c([B])c3c([B])c([B])c(-c4c([B])c([B])c([B])c(-c5c([B])c([B])c6c(c5[B])C(C([B])([B])[B])(C([B])([B])[B])c5c([B])c(-c7c([B])c([B])c8c([B])c([B])c9c([B])c([B])c([B])c%10c([B])c([B])c7c8c9%10)c([B])c([B])c5-6)c4[B])c(C#C)c3c12. The van der Waals surface area contributed by atoms with E-state index >= 15 is 0 Å². The third-order valence-electron chi connectivity index (χ3n) is 17.8. The van der Waals surface area contributed by atoms with E-state index in [2.05, 4.69) is 5.92 Å². The van der Waals surface area contributed by atoms with Crippen LogP contribution in [0.3, 0.4) is 0 Å². The molecular weight excluding hydrogens is 1010 g/mol. The molecule has 318 valence electrons. The summed E-state index contributed by atoms with van der Waals surface area (Å²) in [4.78, 5) is 0. The lowest BCUT2D eigenvalue weighted by Crippen LogP contribution is -2.57. The summed E-state index contributed by atoms with van der Waals surface area (Å²) in [6.45, 7) is 0. The van der Waals surface area contributed by atoms with E-state index in [4.69, 9.17) is 265 Å². The van der Waals surface area contributed by atoms with Gasteiger partial charge in [-0.1, -0.05) is 138 Å². The van der Waals surface area contributed by atoms with Crippen molar-refractivity contribution >= 4 is 455 Å². The van der Waals surface area contributed by atoms with Crippen LogP contribution in [0.4, 0.5) is 0 Å². The van der Waals surface area contributed by atoms with Crippen LogP contribution in [0.2, 0.25) is 10.2 Å². The van der Waals surface area contributed by atoms with Crippen LogP contribution in [0.15, 0.2) is 0 Å². The van der Waals surface area contributed by atoms with Gasteiger partial charge in [0.25, 0.3) is 0 Å². The molecule has 0 heterocycles. The highest BCUT2D eigenvalue weighted by Crippen LogP contribution is 2.63. The number of hydrogen-bond donors (Lipinski definition) is 0. The summed E-state index contributed by atoms with van der Waals surface area (Å²) >= 11 is 0. The Morgan fingerprint density at radius 2 is 0.494 bits per heavy atom. The fraction of sp³-hybridized carbons (Fsp3) is 0.0741. The zero-order chi connectivity index (χ0) is 64.6. The molecule has 87 heavy (non-hydrogen) atoms. The summed E-state index contributed by atoms with van der Waals surface area (Å²) in [5, 5.41) is -4.15. The number of rotatable bonds is 6. The normalized spacial score (nSPS) is 13.1. The maximum absolute atomic E-state index is 7.53. The molecule has 0 N–H and O–H groups in total. The van der Waals surface area contributed by atoms with Gasteiger partial charge in [-0.2, -0.15) is 0 Å². The molecule has 1 aliphatic carbocycles.